The lowest BCUT2D eigenvalue weighted by atomic mass is 9.82. The van der Waals surface area contributed by atoms with Crippen LogP contribution in [0, 0.1) is 11.8 Å². The molecule has 0 saturated heterocycles. The summed E-state index contributed by atoms with van der Waals surface area (Å²) in [7, 11) is 2.27. The SMILES string of the molecule is CC1CCCC(CNCCN(C)C2CC2)C1. The minimum atomic E-state index is 0.913. The van der Waals surface area contributed by atoms with E-state index >= 15 is 0 Å². The summed E-state index contributed by atoms with van der Waals surface area (Å²) in [5.74, 6) is 1.92. The maximum atomic E-state index is 3.65. The maximum absolute atomic E-state index is 3.65. The van der Waals surface area contributed by atoms with Crippen LogP contribution in [0.3, 0.4) is 0 Å². The third-order valence-corrected chi connectivity index (χ3v) is 4.29. The van der Waals surface area contributed by atoms with Gasteiger partial charge in [0.15, 0.2) is 0 Å². The third-order valence-electron chi connectivity index (χ3n) is 4.29. The Bertz CT molecular complexity index is 201. The number of likely N-dealkylation sites (N-methyl/N-ethyl adjacent to an activating group) is 1. The zero-order valence-electron chi connectivity index (χ0n) is 11.0. The largest absolute Gasteiger partial charge is 0.315 e. The van der Waals surface area contributed by atoms with Gasteiger partial charge < -0.3 is 10.2 Å². The summed E-state index contributed by atoms with van der Waals surface area (Å²) < 4.78 is 0. The highest BCUT2D eigenvalue weighted by Gasteiger charge is 2.25. The molecule has 2 nitrogen and oxygen atoms in total. The standard InChI is InChI=1S/C14H28N2/c1-12-4-3-5-13(10-12)11-15-8-9-16(2)14-6-7-14/h12-15H,3-11H2,1-2H3. The van der Waals surface area contributed by atoms with Gasteiger partial charge in [-0.2, -0.15) is 0 Å². The van der Waals surface area contributed by atoms with Crippen LogP contribution in [0.4, 0.5) is 0 Å². The van der Waals surface area contributed by atoms with Gasteiger partial charge in [-0.15, -0.1) is 0 Å². The average Bonchev–Trinajstić information content (AvgIpc) is 3.08. The van der Waals surface area contributed by atoms with Gasteiger partial charge in [-0.25, -0.2) is 0 Å². The average molecular weight is 224 g/mol. The Labute approximate surface area is 101 Å². The van der Waals surface area contributed by atoms with Gasteiger partial charge in [-0.1, -0.05) is 19.8 Å². The van der Waals surface area contributed by atoms with Crippen LogP contribution in [-0.2, 0) is 0 Å². The minimum absolute atomic E-state index is 0.913. The van der Waals surface area contributed by atoms with Crippen LogP contribution in [0.2, 0.25) is 0 Å². The molecule has 0 aromatic rings. The van der Waals surface area contributed by atoms with E-state index in [1.54, 1.807) is 0 Å². The van der Waals surface area contributed by atoms with E-state index in [-0.39, 0.29) is 0 Å². The Balaban J connectivity index is 1.50. The zero-order chi connectivity index (χ0) is 11.4. The first-order valence-electron chi connectivity index (χ1n) is 7.16. The Kier molecular flexibility index (Phi) is 4.66. The quantitative estimate of drug-likeness (QED) is 0.697. The van der Waals surface area contributed by atoms with E-state index in [9.17, 15) is 0 Å². The fourth-order valence-electron chi connectivity index (χ4n) is 3.00. The molecule has 94 valence electrons. The van der Waals surface area contributed by atoms with Crippen molar-refractivity contribution in [2.75, 3.05) is 26.7 Å². The van der Waals surface area contributed by atoms with Crippen molar-refractivity contribution in [2.45, 2.75) is 51.5 Å². The molecule has 2 aliphatic rings. The summed E-state index contributed by atoms with van der Waals surface area (Å²) in [4.78, 5) is 2.51. The molecule has 0 bridgehead atoms. The van der Waals surface area contributed by atoms with E-state index in [0.29, 0.717) is 0 Å². The van der Waals surface area contributed by atoms with Gasteiger partial charge in [-0.05, 0) is 51.1 Å². The molecule has 2 unspecified atom stereocenters. The molecule has 0 aromatic carbocycles. The number of nitrogens with zero attached hydrogens (tertiary/aromatic N) is 1. The zero-order valence-corrected chi connectivity index (χ0v) is 11.0. The molecule has 2 rings (SSSR count). The van der Waals surface area contributed by atoms with E-state index in [2.05, 4.69) is 24.2 Å². The lowest BCUT2D eigenvalue weighted by Crippen LogP contribution is -2.34. The van der Waals surface area contributed by atoms with Crippen LogP contribution < -0.4 is 5.32 Å². The number of hydrogen-bond donors (Lipinski definition) is 1. The molecule has 0 amide bonds. The van der Waals surface area contributed by atoms with Crippen LogP contribution in [0.1, 0.15) is 45.4 Å². The fraction of sp³-hybridized carbons (Fsp3) is 1.00. The van der Waals surface area contributed by atoms with Crippen molar-refractivity contribution in [2.24, 2.45) is 11.8 Å². The number of rotatable bonds is 6. The van der Waals surface area contributed by atoms with Crippen molar-refractivity contribution in [3.63, 3.8) is 0 Å². The van der Waals surface area contributed by atoms with Crippen LogP contribution in [0.15, 0.2) is 0 Å². The van der Waals surface area contributed by atoms with Gasteiger partial charge >= 0.3 is 0 Å². The Hall–Kier alpha value is -0.0800. The first-order valence-corrected chi connectivity index (χ1v) is 7.16. The van der Waals surface area contributed by atoms with Gasteiger partial charge in [0.25, 0.3) is 0 Å². The molecule has 2 aliphatic carbocycles. The normalized spacial score (nSPS) is 30.9. The molecule has 0 aromatic heterocycles. The second-order valence-electron chi connectivity index (χ2n) is 6.05. The lowest BCUT2D eigenvalue weighted by molar-refractivity contribution is 0.265. The van der Waals surface area contributed by atoms with E-state index < -0.39 is 0 Å². The summed E-state index contributed by atoms with van der Waals surface area (Å²) in [6.07, 6.45) is 8.67. The van der Waals surface area contributed by atoms with Crippen molar-refractivity contribution >= 4 is 0 Å². The number of hydrogen-bond acceptors (Lipinski definition) is 2. The summed E-state index contributed by atoms with van der Waals surface area (Å²) in [5.41, 5.74) is 0. The highest BCUT2D eigenvalue weighted by atomic mass is 15.2. The smallest absolute Gasteiger partial charge is 0.0107 e. The van der Waals surface area contributed by atoms with E-state index in [1.807, 2.05) is 0 Å². The minimum Gasteiger partial charge on any atom is -0.315 e. The molecule has 2 fully saturated rings. The van der Waals surface area contributed by atoms with Crippen LogP contribution in [-0.4, -0.2) is 37.6 Å². The Morgan fingerprint density at radius 1 is 1.19 bits per heavy atom. The predicted octanol–water partition coefficient (Wildman–Crippen LogP) is 2.50. The fourth-order valence-corrected chi connectivity index (χ4v) is 3.00. The van der Waals surface area contributed by atoms with E-state index in [4.69, 9.17) is 0 Å². The molecule has 2 saturated carbocycles. The molecule has 0 aliphatic heterocycles. The molecule has 0 heterocycles. The van der Waals surface area contributed by atoms with Gasteiger partial charge in [0, 0.05) is 19.1 Å². The molecule has 2 heteroatoms. The van der Waals surface area contributed by atoms with Gasteiger partial charge in [0.2, 0.25) is 0 Å². The third kappa shape index (κ3) is 4.06. The van der Waals surface area contributed by atoms with Crippen LogP contribution in [0.5, 0.6) is 0 Å². The van der Waals surface area contributed by atoms with Crippen molar-refractivity contribution in [3.8, 4) is 0 Å². The van der Waals surface area contributed by atoms with Crippen LogP contribution in [0.25, 0.3) is 0 Å². The van der Waals surface area contributed by atoms with Gasteiger partial charge in [0.05, 0.1) is 0 Å². The predicted molar refractivity (Wildman–Crippen MR) is 69.6 cm³/mol. The lowest BCUT2D eigenvalue weighted by Gasteiger charge is -2.27. The molecule has 0 radical (unpaired) electrons. The van der Waals surface area contributed by atoms with Crippen molar-refractivity contribution < 1.29 is 0 Å². The monoisotopic (exact) mass is 224 g/mol. The van der Waals surface area contributed by atoms with Crippen molar-refractivity contribution in [1.29, 1.82) is 0 Å². The molecular weight excluding hydrogens is 196 g/mol. The maximum Gasteiger partial charge on any atom is 0.0107 e. The highest BCUT2D eigenvalue weighted by Crippen LogP contribution is 2.28. The second kappa shape index (κ2) is 6.02. The first kappa shape index (κ1) is 12.4. The summed E-state index contributed by atoms with van der Waals surface area (Å²) >= 11 is 0. The van der Waals surface area contributed by atoms with E-state index in [0.717, 1.165) is 17.9 Å². The molecule has 16 heavy (non-hydrogen) atoms. The Morgan fingerprint density at radius 3 is 2.69 bits per heavy atom. The topological polar surface area (TPSA) is 15.3 Å². The molecule has 2 atom stereocenters. The summed E-state index contributed by atoms with van der Waals surface area (Å²) in [6, 6.07) is 0.913. The molecular formula is C14H28N2. The first-order chi connectivity index (χ1) is 7.75. The van der Waals surface area contributed by atoms with Crippen molar-refractivity contribution in [3.05, 3.63) is 0 Å². The number of nitrogens with one attached hydrogen (secondary N) is 1. The highest BCUT2D eigenvalue weighted by molar-refractivity contribution is 4.82. The van der Waals surface area contributed by atoms with Gasteiger partial charge in [-0.3, -0.25) is 0 Å². The second-order valence-corrected chi connectivity index (χ2v) is 6.05. The van der Waals surface area contributed by atoms with E-state index in [1.165, 1.54) is 58.2 Å². The summed E-state index contributed by atoms with van der Waals surface area (Å²) in [6.45, 7) is 6.07. The van der Waals surface area contributed by atoms with Crippen molar-refractivity contribution in [1.82, 2.24) is 10.2 Å². The molecule has 1 N–H and O–H groups in total. The Morgan fingerprint density at radius 2 is 2.00 bits per heavy atom. The summed E-state index contributed by atoms with van der Waals surface area (Å²) in [5, 5.41) is 3.65. The van der Waals surface area contributed by atoms with Gasteiger partial charge in [0.1, 0.15) is 0 Å². The molecule has 0 spiro atoms. The van der Waals surface area contributed by atoms with Crippen LogP contribution >= 0.6 is 0 Å².